The number of hydrogen-bond acceptors (Lipinski definition) is 3. The van der Waals surface area contributed by atoms with Crippen molar-refractivity contribution in [2.45, 2.75) is 0 Å². The molecule has 0 saturated carbocycles. The third-order valence-electron chi connectivity index (χ3n) is 10.1. The quantitative estimate of drug-likeness (QED) is 0.173. The SMILES string of the molecule is c1ccc(-c2cccc(-c3nc(-c4cc(-c5ccccc5)cc(-c5cccc6c5sc5ccccc56)c4)cc(-c4ccc5ccccc5c4)n3)c2)cc1. The van der Waals surface area contributed by atoms with Gasteiger partial charge in [-0.3, -0.25) is 0 Å². The third-order valence-corrected chi connectivity index (χ3v) is 11.3. The molecule has 2 aromatic heterocycles. The predicted molar refractivity (Wildman–Crippen MR) is 225 cm³/mol. The van der Waals surface area contributed by atoms with Gasteiger partial charge in [0.1, 0.15) is 0 Å². The number of rotatable bonds is 6. The molecule has 53 heavy (non-hydrogen) atoms. The smallest absolute Gasteiger partial charge is 0.160 e. The molecule has 0 aliphatic heterocycles. The van der Waals surface area contributed by atoms with Crippen LogP contribution < -0.4 is 0 Å². The van der Waals surface area contributed by atoms with E-state index in [0.29, 0.717) is 5.82 Å². The largest absolute Gasteiger partial charge is 0.228 e. The first-order valence-electron chi connectivity index (χ1n) is 17.9. The predicted octanol–water partition coefficient (Wildman–Crippen LogP) is 14.0. The normalized spacial score (nSPS) is 11.4. The molecule has 0 aliphatic carbocycles. The van der Waals surface area contributed by atoms with Crippen molar-refractivity contribution >= 4 is 42.3 Å². The van der Waals surface area contributed by atoms with E-state index in [2.05, 4.69) is 194 Å². The molecule has 0 N–H and O–H groups in total. The zero-order valence-corrected chi connectivity index (χ0v) is 29.6. The van der Waals surface area contributed by atoms with Gasteiger partial charge in [-0.1, -0.05) is 152 Å². The molecule has 0 saturated heterocycles. The molecule has 0 bridgehead atoms. The third kappa shape index (κ3) is 5.87. The number of hydrogen-bond donors (Lipinski definition) is 0. The number of aromatic nitrogens is 2. The Labute approximate surface area is 312 Å². The van der Waals surface area contributed by atoms with Gasteiger partial charge in [0.25, 0.3) is 0 Å². The van der Waals surface area contributed by atoms with E-state index in [9.17, 15) is 0 Å². The van der Waals surface area contributed by atoms with Crippen molar-refractivity contribution in [3.8, 4) is 67.3 Å². The molecule has 0 unspecified atom stereocenters. The van der Waals surface area contributed by atoms with Crippen molar-refractivity contribution in [1.82, 2.24) is 9.97 Å². The maximum absolute atomic E-state index is 5.35. The monoisotopic (exact) mass is 692 g/mol. The van der Waals surface area contributed by atoms with Gasteiger partial charge in [0, 0.05) is 36.9 Å². The van der Waals surface area contributed by atoms with Gasteiger partial charge in [0.05, 0.1) is 11.4 Å². The van der Waals surface area contributed by atoms with Crippen LogP contribution in [0.5, 0.6) is 0 Å². The lowest BCUT2D eigenvalue weighted by atomic mass is 9.93. The standard InChI is InChI=1S/C50H32N2S/c1-3-13-33(14-4-1)37-19-11-20-39(28-37)50-51-46(38-26-25-35-17-7-8-18-36(35)27-38)32-47(52-50)42-30-40(34-15-5-2-6-16-34)29-41(31-42)43-22-12-23-45-44-21-9-10-24-48(44)53-49(43)45/h1-32H. The average molecular weight is 693 g/mol. The van der Waals surface area contributed by atoms with Gasteiger partial charge in [0.2, 0.25) is 0 Å². The first kappa shape index (κ1) is 31.1. The lowest BCUT2D eigenvalue weighted by Gasteiger charge is -2.14. The average Bonchev–Trinajstić information content (AvgIpc) is 3.63. The molecule has 10 aromatic rings. The fraction of sp³-hybridized carbons (Fsp3) is 0. The van der Waals surface area contributed by atoms with Crippen LogP contribution in [0.3, 0.4) is 0 Å². The summed E-state index contributed by atoms with van der Waals surface area (Å²) in [5.41, 5.74) is 11.8. The number of fused-ring (bicyclic) bond motifs is 4. The van der Waals surface area contributed by atoms with Crippen LogP contribution in [-0.4, -0.2) is 9.97 Å². The molecule has 3 heteroatoms. The van der Waals surface area contributed by atoms with Crippen LogP contribution in [0, 0.1) is 0 Å². The second kappa shape index (κ2) is 13.1. The topological polar surface area (TPSA) is 25.8 Å². The van der Waals surface area contributed by atoms with Crippen LogP contribution in [0.4, 0.5) is 0 Å². The minimum atomic E-state index is 0.696. The van der Waals surface area contributed by atoms with E-state index in [-0.39, 0.29) is 0 Å². The van der Waals surface area contributed by atoms with E-state index in [1.165, 1.54) is 42.1 Å². The highest BCUT2D eigenvalue weighted by atomic mass is 32.1. The molecule has 0 amide bonds. The second-order valence-electron chi connectivity index (χ2n) is 13.4. The van der Waals surface area contributed by atoms with Gasteiger partial charge in [-0.15, -0.1) is 11.3 Å². The Balaban J connectivity index is 1.21. The molecule has 2 heterocycles. The van der Waals surface area contributed by atoms with Gasteiger partial charge in [-0.25, -0.2) is 9.97 Å². The summed E-state index contributed by atoms with van der Waals surface area (Å²) in [6, 6.07) is 69.3. The Morgan fingerprint density at radius 2 is 0.906 bits per heavy atom. The molecule has 0 spiro atoms. The van der Waals surface area contributed by atoms with E-state index < -0.39 is 0 Å². The van der Waals surface area contributed by atoms with Gasteiger partial charge in [0.15, 0.2) is 5.82 Å². The number of nitrogens with zero attached hydrogens (tertiary/aromatic N) is 2. The molecule has 248 valence electrons. The summed E-state index contributed by atoms with van der Waals surface area (Å²) >= 11 is 1.86. The summed E-state index contributed by atoms with van der Waals surface area (Å²) < 4.78 is 2.59. The first-order valence-corrected chi connectivity index (χ1v) is 18.7. The maximum Gasteiger partial charge on any atom is 0.160 e. The van der Waals surface area contributed by atoms with Crippen LogP contribution in [0.15, 0.2) is 194 Å². The fourth-order valence-electron chi connectivity index (χ4n) is 7.39. The minimum absolute atomic E-state index is 0.696. The summed E-state index contributed by atoms with van der Waals surface area (Å²) in [7, 11) is 0. The highest BCUT2D eigenvalue weighted by molar-refractivity contribution is 7.26. The van der Waals surface area contributed by atoms with E-state index in [4.69, 9.17) is 9.97 Å². The van der Waals surface area contributed by atoms with Crippen molar-refractivity contribution in [3.05, 3.63) is 194 Å². The van der Waals surface area contributed by atoms with Crippen LogP contribution in [0.2, 0.25) is 0 Å². The minimum Gasteiger partial charge on any atom is -0.228 e. The summed E-state index contributed by atoms with van der Waals surface area (Å²) in [5, 5.41) is 4.97. The zero-order chi connectivity index (χ0) is 35.1. The van der Waals surface area contributed by atoms with Crippen molar-refractivity contribution in [1.29, 1.82) is 0 Å². The molecule has 2 nitrogen and oxygen atoms in total. The molecule has 8 aromatic carbocycles. The van der Waals surface area contributed by atoms with Crippen LogP contribution in [0.25, 0.3) is 98.2 Å². The Morgan fingerprint density at radius 3 is 1.74 bits per heavy atom. The van der Waals surface area contributed by atoms with Crippen molar-refractivity contribution in [2.75, 3.05) is 0 Å². The lowest BCUT2D eigenvalue weighted by molar-refractivity contribution is 1.18. The highest BCUT2D eigenvalue weighted by Crippen LogP contribution is 2.42. The van der Waals surface area contributed by atoms with Gasteiger partial charge >= 0.3 is 0 Å². The van der Waals surface area contributed by atoms with Crippen molar-refractivity contribution in [3.63, 3.8) is 0 Å². The summed E-state index contributed by atoms with van der Waals surface area (Å²) in [6.45, 7) is 0. The fourth-order valence-corrected chi connectivity index (χ4v) is 8.63. The van der Waals surface area contributed by atoms with Gasteiger partial charge in [-0.2, -0.15) is 0 Å². The molecule has 0 atom stereocenters. The molecule has 0 radical (unpaired) electrons. The second-order valence-corrected chi connectivity index (χ2v) is 14.5. The summed E-state index contributed by atoms with van der Waals surface area (Å²) in [4.78, 5) is 10.6. The van der Waals surface area contributed by atoms with Crippen LogP contribution >= 0.6 is 11.3 Å². The van der Waals surface area contributed by atoms with Crippen molar-refractivity contribution in [2.24, 2.45) is 0 Å². The molecule has 0 fully saturated rings. The van der Waals surface area contributed by atoms with Crippen LogP contribution in [0.1, 0.15) is 0 Å². The van der Waals surface area contributed by atoms with Gasteiger partial charge < -0.3 is 0 Å². The maximum atomic E-state index is 5.35. The zero-order valence-electron chi connectivity index (χ0n) is 28.8. The van der Waals surface area contributed by atoms with Crippen molar-refractivity contribution < 1.29 is 0 Å². The van der Waals surface area contributed by atoms with E-state index in [1.54, 1.807) is 0 Å². The highest BCUT2D eigenvalue weighted by Gasteiger charge is 2.16. The molecular formula is C50H32N2S. The Morgan fingerprint density at radius 1 is 0.321 bits per heavy atom. The molecule has 0 aliphatic rings. The lowest BCUT2D eigenvalue weighted by Crippen LogP contribution is -1.97. The Kier molecular flexibility index (Phi) is 7.71. The Bertz CT molecular complexity index is 2950. The summed E-state index contributed by atoms with van der Waals surface area (Å²) in [6.07, 6.45) is 0. The first-order chi connectivity index (χ1) is 26.2. The van der Waals surface area contributed by atoms with E-state index in [1.807, 2.05) is 11.3 Å². The van der Waals surface area contributed by atoms with Crippen LogP contribution in [-0.2, 0) is 0 Å². The van der Waals surface area contributed by atoms with Gasteiger partial charge in [-0.05, 0) is 86.6 Å². The molecule has 10 rings (SSSR count). The number of thiophene rings is 1. The van der Waals surface area contributed by atoms with E-state index >= 15 is 0 Å². The molecular weight excluding hydrogens is 661 g/mol. The number of benzene rings is 8. The summed E-state index contributed by atoms with van der Waals surface area (Å²) in [5.74, 6) is 0.696. The Hall–Kier alpha value is -6.68. The van der Waals surface area contributed by atoms with E-state index in [0.717, 1.165) is 50.3 Å².